The summed E-state index contributed by atoms with van der Waals surface area (Å²) in [6, 6.07) is 6.62. The van der Waals surface area contributed by atoms with Crippen molar-refractivity contribution in [3.63, 3.8) is 0 Å². The molecule has 6 heteroatoms. The van der Waals surface area contributed by atoms with Gasteiger partial charge in [0, 0.05) is 23.2 Å². The second kappa shape index (κ2) is 7.09. The van der Waals surface area contributed by atoms with Crippen molar-refractivity contribution in [2.24, 2.45) is 5.92 Å². The number of anilines is 1. The van der Waals surface area contributed by atoms with E-state index in [1.807, 2.05) is 0 Å². The summed E-state index contributed by atoms with van der Waals surface area (Å²) >= 11 is 0. The number of carbonyl (C=O) groups is 2. The van der Waals surface area contributed by atoms with Crippen LogP contribution in [0.1, 0.15) is 19.4 Å². The van der Waals surface area contributed by atoms with Gasteiger partial charge in [0.1, 0.15) is 18.4 Å². The van der Waals surface area contributed by atoms with Gasteiger partial charge in [-0.15, -0.1) is 0 Å². The number of aliphatic carboxylic acids is 1. The van der Waals surface area contributed by atoms with Gasteiger partial charge in [-0.2, -0.15) is 0 Å². The Labute approximate surface area is 133 Å². The van der Waals surface area contributed by atoms with E-state index in [2.05, 4.69) is 13.8 Å². The summed E-state index contributed by atoms with van der Waals surface area (Å²) < 4.78 is 5.24. The number of carboxylic acid groups (broad SMARTS) is 1. The van der Waals surface area contributed by atoms with Gasteiger partial charge in [0.25, 0.3) is 0 Å². The van der Waals surface area contributed by atoms with Crippen molar-refractivity contribution in [1.82, 2.24) is 0 Å². The first-order chi connectivity index (χ1) is 10.9. The molecule has 2 rings (SSSR count). The Morgan fingerprint density at radius 3 is 2.70 bits per heavy atom. The molecular formula is C17H19NO5. The van der Waals surface area contributed by atoms with Gasteiger partial charge in [0.15, 0.2) is 0 Å². The fraction of sp³-hybridized carbons (Fsp3) is 0.353. The van der Waals surface area contributed by atoms with Gasteiger partial charge in [-0.05, 0) is 30.0 Å². The van der Waals surface area contributed by atoms with Crippen LogP contribution in [0.15, 0.2) is 33.5 Å². The zero-order chi connectivity index (χ0) is 17.0. The van der Waals surface area contributed by atoms with Gasteiger partial charge in [-0.1, -0.05) is 13.8 Å². The number of aldehydes is 1. The molecule has 0 bridgehead atoms. The lowest BCUT2D eigenvalue weighted by Gasteiger charge is -2.20. The Morgan fingerprint density at radius 1 is 1.35 bits per heavy atom. The predicted molar refractivity (Wildman–Crippen MR) is 86.9 cm³/mol. The van der Waals surface area contributed by atoms with Crippen LogP contribution in [0.4, 0.5) is 5.69 Å². The van der Waals surface area contributed by atoms with Crippen molar-refractivity contribution in [2.75, 3.05) is 18.0 Å². The largest absolute Gasteiger partial charge is 0.480 e. The highest BCUT2D eigenvalue weighted by Gasteiger charge is 2.13. The van der Waals surface area contributed by atoms with Crippen LogP contribution in [0.2, 0.25) is 0 Å². The average Bonchev–Trinajstić information content (AvgIpc) is 2.45. The Kier molecular flexibility index (Phi) is 5.16. The molecule has 0 aliphatic rings. The zero-order valence-electron chi connectivity index (χ0n) is 13.1. The molecule has 1 N–H and O–H groups in total. The Balaban J connectivity index is 2.50. The van der Waals surface area contributed by atoms with Gasteiger partial charge >= 0.3 is 11.6 Å². The van der Waals surface area contributed by atoms with E-state index in [4.69, 9.17) is 9.52 Å². The summed E-state index contributed by atoms with van der Waals surface area (Å²) in [5, 5.41) is 9.76. The number of rotatable bonds is 7. The molecule has 122 valence electrons. The fourth-order valence-electron chi connectivity index (χ4n) is 2.54. The van der Waals surface area contributed by atoms with Crippen LogP contribution in [0.5, 0.6) is 0 Å². The predicted octanol–water partition coefficient (Wildman–Crippen LogP) is 2.08. The number of carboxylic acids is 1. The second-order valence-corrected chi connectivity index (χ2v) is 5.81. The number of carbonyl (C=O) groups excluding carboxylic acids is 1. The van der Waals surface area contributed by atoms with E-state index in [0.29, 0.717) is 23.5 Å². The molecule has 0 amide bonds. The van der Waals surface area contributed by atoms with E-state index in [0.717, 1.165) is 17.4 Å². The molecule has 1 heterocycles. The summed E-state index contributed by atoms with van der Waals surface area (Å²) in [5.41, 5.74) is 1.38. The standard InChI is InChI=1S/C17H19NO5/c1-11(2)7-12-8-17(22)23-15-9-13(3-4-14(12)15)18(5-6-19)10-16(20)21/h3-4,6,8-9,11H,5,7,10H2,1-2H3,(H,20,21). The minimum Gasteiger partial charge on any atom is -0.480 e. The van der Waals surface area contributed by atoms with Crippen molar-refractivity contribution >= 4 is 28.9 Å². The van der Waals surface area contributed by atoms with Crippen molar-refractivity contribution in [3.05, 3.63) is 40.2 Å². The highest BCUT2D eigenvalue weighted by atomic mass is 16.4. The highest BCUT2D eigenvalue weighted by molar-refractivity contribution is 5.85. The van der Waals surface area contributed by atoms with Crippen LogP contribution in [-0.2, 0) is 16.0 Å². The normalized spacial score (nSPS) is 10.9. The summed E-state index contributed by atoms with van der Waals surface area (Å²) in [4.78, 5) is 34.8. The van der Waals surface area contributed by atoms with Crippen LogP contribution in [0, 0.1) is 5.92 Å². The van der Waals surface area contributed by atoms with E-state index < -0.39 is 11.6 Å². The lowest BCUT2D eigenvalue weighted by Crippen LogP contribution is -2.31. The monoisotopic (exact) mass is 317 g/mol. The number of fused-ring (bicyclic) bond motifs is 1. The molecule has 0 aliphatic carbocycles. The van der Waals surface area contributed by atoms with E-state index in [1.54, 1.807) is 18.2 Å². The smallest absolute Gasteiger partial charge is 0.336 e. The van der Waals surface area contributed by atoms with Crippen molar-refractivity contribution in [1.29, 1.82) is 0 Å². The maximum absolute atomic E-state index is 11.7. The molecule has 0 saturated heterocycles. The van der Waals surface area contributed by atoms with E-state index in [1.165, 1.54) is 11.0 Å². The molecule has 0 spiro atoms. The second-order valence-electron chi connectivity index (χ2n) is 5.81. The third kappa shape index (κ3) is 4.18. The van der Waals surface area contributed by atoms with E-state index in [-0.39, 0.29) is 13.1 Å². The van der Waals surface area contributed by atoms with Crippen LogP contribution in [0.25, 0.3) is 11.0 Å². The first-order valence-corrected chi connectivity index (χ1v) is 7.38. The molecule has 0 radical (unpaired) electrons. The molecular weight excluding hydrogens is 298 g/mol. The number of benzene rings is 1. The van der Waals surface area contributed by atoms with Gasteiger partial charge in [0.2, 0.25) is 0 Å². The summed E-state index contributed by atoms with van der Waals surface area (Å²) in [6.45, 7) is 3.77. The topological polar surface area (TPSA) is 87.8 Å². The summed E-state index contributed by atoms with van der Waals surface area (Å²) in [7, 11) is 0. The first kappa shape index (κ1) is 16.7. The third-order valence-electron chi connectivity index (χ3n) is 3.43. The van der Waals surface area contributed by atoms with E-state index in [9.17, 15) is 14.4 Å². The van der Waals surface area contributed by atoms with E-state index >= 15 is 0 Å². The van der Waals surface area contributed by atoms with Gasteiger partial charge in [-0.25, -0.2) is 4.79 Å². The van der Waals surface area contributed by atoms with Gasteiger partial charge in [-0.3, -0.25) is 4.79 Å². The molecule has 23 heavy (non-hydrogen) atoms. The number of hydrogen-bond donors (Lipinski definition) is 1. The minimum atomic E-state index is -1.04. The molecule has 0 aliphatic heterocycles. The molecule has 1 aromatic heterocycles. The maximum atomic E-state index is 11.7. The lowest BCUT2D eigenvalue weighted by atomic mass is 10.00. The number of hydrogen-bond acceptors (Lipinski definition) is 5. The molecule has 0 saturated carbocycles. The molecule has 2 aromatic rings. The lowest BCUT2D eigenvalue weighted by molar-refractivity contribution is -0.135. The van der Waals surface area contributed by atoms with Gasteiger partial charge in [0.05, 0.1) is 6.54 Å². The van der Waals surface area contributed by atoms with Crippen molar-refractivity contribution in [2.45, 2.75) is 20.3 Å². The van der Waals surface area contributed by atoms with Crippen molar-refractivity contribution < 1.29 is 19.1 Å². The SMILES string of the molecule is CC(C)Cc1cc(=O)oc2cc(N(CC=O)CC(=O)O)ccc12. The molecule has 1 aromatic carbocycles. The summed E-state index contributed by atoms with van der Waals surface area (Å²) in [6.07, 6.45) is 1.38. The Morgan fingerprint density at radius 2 is 2.09 bits per heavy atom. The molecule has 0 unspecified atom stereocenters. The quantitative estimate of drug-likeness (QED) is 0.621. The van der Waals surface area contributed by atoms with Crippen LogP contribution >= 0.6 is 0 Å². The van der Waals surface area contributed by atoms with Crippen molar-refractivity contribution in [3.8, 4) is 0 Å². The fourth-order valence-corrected chi connectivity index (χ4v) is 2.54. The van der Waals surface area contributed by atoms with Crippen LogP contribution in [-0.4, -0.2) is 30.5 Å². The summed E-state index contributed by atoms with van der Waals surface area (Å²) in [5.74, 6) is -0.653. The van der Waals surface area contributed by atoms with Gasteiger partial charge < -0.3 is 19.2 Å². The Hall–Kier alpha value is -2.63. The maximum Gasteiger partial charge on any atom is 0.336 e. The minimum absolute atomic E-state index is 0.0479. The highest BCUT2D eigenvalue weighted by Crippen LogP contribution is 2.25. The molecule has 6 nitrogen and oxygen atoms in total. The van der Waals surface area contributed by atoms with Crippen LogP contribution in [0.3, 0.4) is 0 Å². The Bertz CT molecular complexity index is 778. The average molecular weight is 317 g/mol. The molecule has 0 atom stereocenters. The molecule has 0 fully saturated rings. The first-order valence-electron chi connectivity index (χ1n) is 7.38. The number of nitrogens with zero attached hydrogens (tertiary/aromatic N) is 1. The zero-order valence-corrected chi connectivity index (χ0v) is 13.1. The van der Waals surface area contributed by atoms with Crippen LogP contribution < -0.4 is 10.5 Å². The third-order valence-corrected chi connectivity index (χ3v) is 3.43.